The third kappa shape index (κ3) is 6.31. The van der Waals surface area contributed by atoms with Crippen molar-refractivity contribution in [1.82, 2.24) is 30.7 Å². The number of piperazine rings is 1. The van der Waals surface area contributed by atoms with Crippen LogP contribution in [0.5, 0.6) is 0 Å². The number of halogens is 3. The number of carbonyl (C=O) groups is 2. The van der Waals surface area contributed by atoms with E-state index in [2.05, 4.69) is 27.4 Å². The molecular formula is C33H53ClF2N6O5. The van der Waals surface area contributed by atoms with Crippen LogP contribution >= 0.6 is 11.6 Å². The van der Waals surface area contributed by atoms with Crippen molar-refractivity contribution in [1.29, 1.82) is 0 Å². The van der Waals surface area contributed by atoms with Gasteiger partial charge in [0.15, 0.2) is 0 Å². The number of nitrogens with zero attached hydrogens (tertiary/aromatic N) is 3. The Morgan fingerprint density at radius 3 is 2.55 bits per heavy atom. The van der Waals surface area contributed by atoms with Gasteiger partial charge in [-0.05, 0) is 58.1 Å². The number of fused-ring (bicyclic) bond motifs is 5. The summed E-state index contributed by atoms with van der Waals surface area (Å²) in [5.74, 6) is -2.01. The van der Waals surface area contributed by atoms with Crippen molar-refractivity contribution in [2.75, 3.05) is 26.2 Å². The minimum atomic E-state index is -1.57. The van der Waals surface area contributed by atoms with Crippen LogP contribution in [-0.2, 0) is 9.53 Å². The van der Waals surface area contributed by atoms with E-state index in [0.29, 0.717) is 38.9 Å². The number of alkyl halides is 3. The molecule has 16 atom stereocenters. The Morgan fingerprint density at radius 1 is 1.11 bits per heavy atom. The molecule has 11 nitrogen and oxygen atoms in total. The molecule has 14 heteroatoms. The third-order valence-electron chi connectivity index (χ3n) is 12.0. The lowest BCUT2D eigenvalue weighted by atomic mass is 9.71. The van der Waals surface area contributed by atoms with E-state index in [4.69, 9.17) is 16.3 Å². The average molecular weight is 687 g/mol. The molecule has 5 saturated heterocycles. The number of rotatable bonds is 3. The maximum Gasteiger partial charge on any atom is 0.320 e. The van der Waals surface area contributed by atoms with Gasteiger partial charge in [0.05, 0.1) is 42.6 Å². The van der Waals surface area contributed by atoms with E-state index < -0.39 is 78.2 Å². The van der Waals surface area contributed by atoms with Gasteiger partial charge in [0, 0.05) is 55.0 Å². The second-order valence-electron chi connectivity index (χ2n) is 15.2. The smallest absolute Gasteiger partial charge is 0.320 e. The first-order chi connectivity index (χ1) is 22.3. The summed E-state index contributed by atoms with van der Waals surface area (Å²) in [4.78, 5) is 32.8. The van der Waals surface area contributed by atoms with Gasteiger partial charge in [-0.1, -0.05) is 20.4 Å². The molecule has 14 unspecified atom stereocenters. The van der Waals surface area contributed by atoms with Crippen molar-refractivity contribution >= 4 is 23.5 Å². The zero-order valence-electron chi connectivity index (χ0n) is 27.9. The van der Waals surface area contributed by atoms with Gasteiger partial charge in [0.25, 0.3) is 0 Å². The highest BCUT2D eigenvalue weighted by atomic mass is 35.5. The van der Waals surface area contributed by atoms with E-state index in [1.807, 2.05) is 27.7 Å². The minimum Gasteiger partial charge on any atom is -0.390 e. The Hall–Kier alpha value is -1.61. The molecule has 2 bridgehead atoms. The van der Waals surface area contributed by atoms with Gasteiger partial charge in [-0.2, -0.15) is 0 Å². The van der Waals surface area contributed by atoms with Crippen LogP contribution in [0.4, 0.5) is 13.6 Å². The minimum absolute atomic E-state index is 0.0554. The Morgan fingerprint density at radius 2 is 1.85 bits per heavy atom. The van der Waals surface area contributed by atoms with Crippen LogP contribution in [0.2, 0.25) is 0 Å². The number of piperidine rings is 2. The topological polar surface area (TPSA) is 130 Å². The van der Waals surface area contributed by atoms with Crippen LogP contribution in [0, 0.1) is 23.7 Å². The summed E-state index contributed by atoms with van der Waals surface area (Å²) in [5.41, 5.74) is 0. The summed E-state index contributed by atoms with van der Waals surface area (Å²) >= 11 is 6.46. The van der Waals surface area contributed by atoms with Gasteiger partial charge in [0.2, 0.25) is 5.91 Å². The predicted octanol–water partition coefficient (Wildman–Crippen LogP) is 1.57. The molecule has 5 heterocycles. The van der Waals surface area contributed by atoms with Crippen molar-refractivity contribution in [3.63, 3.8) is 0 Å². The Labute approximate surface area is 281 Å². The summed E-state index contributed by atoms with van der Waals surface area (Å²) in [7, 11) is 0. The van der Waals surface area contributed by atoms with E-state index in [9.17, 15) is 19.8 Å². The SMILES string of the molecule is C=CC(=O)N1C[C@H](C)N(C2NC(=O)N3C4NC(C(F)CC42)C2C(CCC(Cl)C2F)OCC(O)C(O)C2CCNC(C(C)C)C23)C[C@H]1C. The molecule has 6 fully saturated rings. The second-order valence-corrected chi connectivity index (χ2v) is 15.7. The van der Waals surface area contributed by atoms with Crippen molar-refractivity contribution in [2.24, 2.45) is 23.7 Å². The fraction of sp³-hybridized carbons (Fsp3) is 0.879. The number of nitrogens with one attached hydrogen (secondary N) is 3. The fourth-order valence-electron chi connectivity index (χ4n) is 9.66. The van der Waals surface area contributed by atoms with Gasteiger partial charge in [-0.25, -0.2) is 13.6 Å². The number of aliphatic hydroxyl groups is 2. The molecule has 6 rings (SSSR count). The number of urea groups is 1. The van der Waals surface area contributed by atoms with Gasteiger partial charge in [-0.15, -0.1) is 11.6 Å². The molecule has 5 N–H and O–H groups in total. The molecule has 3 amide bonds. The van der Waals surface area contributed by atoms with Crippen LogP contribution in [0.25, 0.3) is 0 Å². The Bertz CT molecular complexity index is 1170. The summed E-state index contributed by atoms with van der Waals surface area (Å²) < 4.78 is 38.9. The molecule has 0 spiro atoms. The normalized spacial score (nSPS) is 48.0. The van der Waals surface area contributed by atoms with Crippen LogP contribution < -0.4 is 16.0 Å². The standard InChI is InChI=1S/C33H53ClF2N6O5/c1-6-24(44)40-12-17(5)41(13-16(40)4)31-19-11-21(35)28-25-23(8-7-20(34)26(25)36)47-14-22(43)30(45)18-9-10-37-27(15(2)3)29(18)42(32(19)38-28)33(46)39-31/h6,15-23,25-32,37-38,43,45H,1,7-14H2,2-5H3,(H,39,46)/t16-,17+,18?,19?,20?,21?,22?,23?,25?,26?,27?,28?,29?,30?,31?,32?/m1/s1. The average Bonchev–Trinajstić information content (AvgIpc) is 3.04. The van der Waals surface area contributed by atoms with Crippen LogP contribution in [0.1, 0.15) is 53.4 Å². The molecule has 0 aromatic carbocycles. The molecule has 5 aliphatic heterocycles. The van der Waals surface area contributed by atoms with Gasteiger partial charge in [-0.3, -0.25) is 15.0 Å². The zero-order chi connectivity index (χ0) is 33.9. The van der Waals surface area contributed by atoms with Gasteiger partial charge >= 0.3 is 6.03 Å². The third-order valence-corrected chi connectivity index (χ3v) is 12.5. The molecule has 0 radical (unpaired) electrons. The lowest BCUT2D eigenvalue weighted by Crippen LogP contribution is -2.81. The quantitative estimate of drug-likeness (QED) is 0.224. The highest BCUT2D eigenvalue weighted by molar-refractivity contribution is 6.21. The highest BCUT2D eigenvalue weighted by Gasteiger charge is 2.59. The van der Waals surface area contributed by atoms with Gasteiger partial charge < -0.3 is 35.4 Å². The monoisotopic (exact) mass is 686 g/mol. The molecule has 6 aliphatic rings. The van der Waals surface area contributed by atoms with Crippen LogP contribution in [0.3, 0.4) is 0 Å². The molecule has 0 aromatic heterocycles. The Kier molecular flexibility index (Phi) is 10.5. The number of hydrogen-bond donors (Lipinski definition) is 5. The number of amides is 3. The van der Waals surface area contributed by atoms with Crippen molar-refractivity contribution < 1.29 is 33.3 Å². The summed E-state index contributed by atoms with van der Waals surface area (Å²) in [6.45, 7) is 12.9. The molecule has 1 aliphatic carbocycles. The van der Waals surface area contributed by atoms with Crippen LogP contribution in [0.15, 0.2) is 12.7 Å². The maximum absolute atomic E-state index is 16.7. The maximum atomic E-state index is 16.7. The first kappa shape index (κ1) is 35.2. The number of hydrogen-bond acceptors (Lipinski definition) is 8. The molecular weight excluding hydrogens is 634 g/mol. The van der Waals surface area contributed by atoms with E-state index in [1.165, 1.54) is 6.08 Å². The lowest BCUT2D eigenvalue weighted by Gasteiger charge is -2.61. The summed E-state index contributed by atoms with van der Waals surface area (Å²) in [6.07, 6.45) is -4.91. The highest BCUT2D eigenvalue weighted by Crippen LogP contribution is 2.44. The fourth-order valence-corrected chi connectivity index (χ4v) is 9.95. The zero-order valence-corrected chi connectivity index (χ0v) is 28.6. The number of ether oxygens (including phenoxy) is 1. The van der Waals surface area contributed by atoms with Gasteiger partial charge in [0.1, 0.15) is 18.4 Å². The van der Waals surface area contributed by atoms with E-state index >= 15 is 8.78 Å². The van der Waals surface area contributed by atoms with E-state index in [1.54, 1.807) is 9.80 Å². The number of aliphatic hydroxyl groups excluding tert-OH is 2. The molecule has 1 saturated carbocycles. The second kappa shape index (κ2) is 14.0. The predicted molar refractivity (Wildman–Crippen MR) is 173 cm³/mol. The Balaban J connectivity index is 1.43. The molecule has 266 valence electrons. The van der Waals surface area contributed by atoms with Crippen molar-refractivity contribution in [3.05, 3.63) is 12.7 Å². The summed E-state index contributed by atoms with van der Waals surface area (Å²) in [6, 6.07) is -2.47. The largest absolute Gasteiger partial charge is 0.390 e. The van der Waals surface area contributed by atoms with Crippen LogP contribution in [-0.4, -0.2) is 142 Å². The number of carbonyl (C=O) groups excluding carboxylic acids is 2. The first-order valence-corrected chi connectivity index (χ1v) is 17.9. The molecule has 0 aromatic rings. The van der Waals surface area contributed by atoms with Crippen molar-refractivity contribution in [3.8, 4) is 0 Å². The van der Waals surface area contributed by atoms with E-state index in [-0.39, 0.29) is 49.0 Å². The first-order valence-electron chi connectivity index (χ1n) is 17.5. The van der Waals surface area contributed by atoms with E-state index in [0.717, 1.165) is 0 Å². The molecule has 47 heavy (non-hydrogen) atoms. The summed E-state index contributed by atoms with van der Waals surface area (Å²) in [5, 5.41) is 32.4. The van der Waals surface area contributed by atoms with Crippen molar-refractivity contribution in [2.45, 2.75) is 132 Å². The lowest BCUT2D eigenvalue weighted by molar-refractivity contribution is -0.157.